The van der Waals surface area contributed by atoms with Crippen molar-refractivity contribution in [3.8, 4) is 22.6 Å². The van der Waals surface area contributed by atoms with E-state index < -0.39 is 5.82 Å². The van der Waals surface area contributed by atoms with Crippen LogP contribution in [0, 0.1) is 12.7 Å². The van der Waals surface area contributed by atoms with Crippen molar-refractivity contribution in [2.75, 3.05) is 18.8 Å². The Labute approximate surface area is 166 Å². The van der Waals surface area contributed by atoms with E-state index in [2.05, 4.69) is 26.2 Å². The number of pyridine rings is 1. The van der Waals surface area contributed by atoms with Crippen LogP contribution in [0.2, 0.25) is 0 Å². The van der Waals surface area contributed by atoms with Crippen LogP contribution in [0.15, 0.2) is 41.1 Å². The van der Waals surface area contributed by atoms with Gasteiger partial charge in [-0.2, -0.15) is 5.10 Å². The molecule has 3 aromatic heterocycles. The molecule has 1 saturated heterocycles. The fourth-order valence-corrected chi connectivity index (χ4v) is 3.85. The molecule has 0 amide bonds. The number of aromatic nitrogens is 4. The van der Waals surface area contributed by atoms with E-state index in [-0.39, 0.29) is 17.2 Å². The third-order valence-electron chi connectivity index (χ3n) is 5.43. The van der Waals surface area contributed by atoms with E-state index in [9.17, 15) is 4.39 Å². The average molecular weight is 392 g/mol. The molecule has 0 bridgehead atoms. The molecule has 7 nitrogen and oxygen atoms in total. The van der Waals surface area contributed by atoms with Gasteiger partial charge in [-0.3, -0.25) is 4.68 Å². The Morgan fingerprint density at radius 2 is 2.07 bits per heavy atom. The molecule has 3 N–H and O–H groups in total. The number of oxazole rings is 1. The van der Waals surface area contributed by atoms with Crippen LogP contribution in [0.4, 0.5) is 10.2 Å². The zero-order valence-electron chi connectivity index (χ0n) is 16.0. The van der Waals surface area contributed by atoms with Gasteiger partial charge in [0, 0.05) is 23.5 Å². The minimum absolute atomic E-state index is 0.183. The van der Waals surface area contributed by atoms with Gasteiger partial charge < -0.3 is 15.5 Å². The molecular formula is C21H21FN6O. The number of nitrogens with zero attached hydrogens (tertiary/aromatic N) is 4. The predicted octanol–water partition coefficient (Wildman–Crippen LogP) is 3.71. The summed E-state index contributed by atoms with van der Waals surface area (Å²) in [6.45, 7) is 3.99. The summed E-state index contributed by atoms with van der Waals surface area (Å²) in [5, 5.41) is 8.10. The minimum atomic E-state index is -0.431. The second kappa shape index (κ2) is 6.97. The lowest BCUT2D eigenvalue weighted by molar-refractivity contribution is 0.342. The number of nitrogens with one attached hydrogen (secondary N) is 1. The summed E-state index contributed by atoms with van der Waals surface area (Å²) < 4.78 is 21.8. The van der Waals surface area contributed by atoms with Gasteiger partial charge >= 0.3 is 0 Å². The van der Waals surface area contributed by atoms with Gasteiger partial charge in [0.25, 0.3) is 0 Å². The number of benzene rings is 1. The quantitative estimate of drug-likeness (QED) is 0.552. The number of halogens is 1. The fraction of sp³-hybridized carbons (Fsp3) is 0.286. The van der Waals surface area contributed by atoms with Gasteiger partial charge in [-0.15, -0.1) is 0 Å². The maximum absolute atomic E-state index is 14.0. The van der Waals surface area contributed by atoms with Crippen molar-refractivity contribution in [3.05, 3.63) is 48.2 Å². The lowest BCUT2D eigenvalue weighted by Crippen LogP contribution is -2.29. The Kier molecular flexibility index (Phi) is 4.28. The highest BCUT2D eigenvalue weighted by Crippen LogP contribution is 2.33. The van der Waals surface area contributed by atoms with E-state index in [4.69, 9.17) is 15.2 Å². The Bertz CT molecular complexity index is 1190. The molecule has 0 atom stereocenters. The summed E-state index contributed by atoms with van der Waals surface area (Å²) in [6, 6.07) is 6.89. The van der Waals surface area contributed by atoms with Gasteiger partial charge in [-0.05, 0) is 51.1 Å². The van der Waals surface area contributed by atoms with Crippen molar-refractivity contribution in [3.63, 3.8) is 0 Å². The summed E-state index contributed by atoms with van der Waals surface area (Å²) in [5.41, 5.74) is 9.96. The monoisotopic (exact) mass is 392 g/mol. The number of rotatable bonds is 3. The third kappa shape index (κ3) is 3.15. The van der Waals surface area contributed by atoms with Crippen LogP contribution in [0.1, 0.15) is 24.6 Å². The normalized spacial score (nSPS) is 15.2. The largest absolute Gasteiger partial charge is 0.436 e. The summed E-state index contributed by atoms with van der Waals surface area (Å²) in [7, 11) is 0. The molecule has 1 aliphatic rings. The van der Waals surface area contributed by atoms with Gasteiger partial charge in [-0.1, -0.05) is 6.07 Å². The second-order valence-electron chi connectivity index (χ2n) is 7.35. The minimum Gasteiger partial charge on any atom is -0.436 e. The number of anilines is 1. The maximum atomic E-state index is 14.0. The number of hydrogen-bond acceptors (Lipinski definition) is 6. The highest BCUT2D eigenvalue weighted by molar-refractivity contribution is 5.81. The zero-order chi connectivity index (χ0) is 20.0. The smallest absolute Gasteiger partial charge is 0.231 e. The molecule has 29 heavy (non-hydrogen) atoms. The summed E-state index contributed by atoms with van der Waals surface area (Å²) in [4.78, 5) is 8.61. The summed E-state index contributed by atoms with van der Waals surface area (Å²) >= 11 is 0. The first-order valence-electron chi connectivity index (χ1n) is 9.68. The molecular weight excluding hydrogens is 371 g/mol. The van der Waals surface area contributed by atoms with Crippen LogP contribution in [0.25, 0.3) is 33.7 Å². The lowest BCUT2D eigenvalue weighted by atomic mass is 10.1. The topological polar surface area (TPSA) is 94.8 Å². The number of fused-ring (bicyclic) bond motifs is 1. The first kappa shape index (κ1) is 17.8. The Balaban J connectivity index is 1.56. The zero-order valence-corrected chi connectivity index (χ0v) is 16.0. The Hall–Kier alpha value is -3.26. The molecule has 0 saturated carbocycles. The van der Waals surface area contributed by atoms with Gasteiger partial charge in [-0.25, -0.2) is 14.4 Å². The molecule has 4 aromatic rings. The second-order valence-corrected chi connectivity index (χ2v) is 7.35. The van der Waals surface area contributed by atoms with Crippen molar-refractivity contribution in [1.29, 1.82) is 0 Å². The summed E-state index contributed by atoms with van der Waals surface area (Å²) in [5.74, 6) is 0.101. The number of nitrogen functional groups attached to an aromatic ring is 1. The molecule has 8 heteroatoms. The number of aryl methyl sites for hydroxylation is 1. The van der Waals surface area contributed by atoms with E-state index >= 15 is 0 Å². The fourth-order valence-electron chi connectivity index (χ4n) is 3.85. The number of para-hydroxylation sites is 1. The van der Waals surface area contributed by atoms with Crippen LogP contribution in [0.5, 0.6) is 0 Å². The molecule has 1 fully saturated rings. The van der Waals surface area contributed by atoms with Crippen molar-refractivity contribution in [1.82, 2.24) is 25.1 Å². The first-order chi connectivity index (χ1) is 14.1. The van der Waals surface area contributed by atoms with Crippen LogP contribution < -0.4 is 11.1 Å². The highest BCUT2D eigenvalue weighted by atomic mass is 19.1. The third-order valence-corrected chi connectivity index (χ3v) is 5.43. The first-order valence-corrected chi connectivity index (χ1v) is 9.68. The van der Waals surface area contributed by atoms with Gasteiger partial charge in [0.15, 0.2) is 11.4 Å². The maximum Gasteiger partial charge on any atom is 0.231 e. The molecule has 0 aliphatic carbocycles. The highest BCUT2D eigenvalue weighted by Gasteiger charge is 2.20. The van der Waals surface area contributed by atoms with Gasteiger partial charge in [0.2, 0.25) is 5.89 Å². The van der Waals surface area contributed by atoms with Gasteiger partial charge in [0.05, 0.1) is 17.3 Å². The number of hydrogen-bond donors (Lipinski definition) is 2. The van der Waals surface area contributed by atoms with Gasteiger partial charge in [0.1, 0.15) is 11.3 Å². The molecule has 0 radical (unpaired) electrons. The van der Waals surface area contributed by atoms with Crippen LogP contribution >= 0.6 is 0 Å². The molecule has 148 valence electrons. The Morgan fingerprint density at radius 1 is 1.24 bits per heavy atom. The molecule has 0 spiro atoms. The standard InChI is InChI=1S/C21H21FN6O/c1-12-16(11-28(27-12)14-5-7-24-8-6-14)13-9-15(20(23)25-10-13)21-26-19-17(22)3-2-4-18(19)29-21/h2-4,9-11,14,24H,5-8H2,1H3,(H2,23,25). The number of piperidine rings is 1. The lowest BCUT2D eigenvalue weighted by Gasteiger charge is -2.22. The molecule has 1 aromatic carbocycles. The van der Waals surface area contributed by atoms with Crippen molar-refractivity contribution in [2.24, 2.45) is 0 Å². The van der Waals surface area contributed by atoms with E-state index in [0.717, 1.165) is 42.8 Å². The average Bonchev–Trinajstić information content (AvgIpc) is 3.34. The van der Waals surface area contributed by atoms with Crippen molar-refractivity contribution < 1.29 is 8.81 Å². The summed E-state index contributed by atoms with van der Waals surface area (Å²) in [6.07, 6.45) is 5.90. The molecule has 0 unspecified atom stereocenters. The van der Waals surface area contributed by atoms with Crippen molar-refractivity contribution >= 4 is 16.9 Å². The van der Waals surface area contributed by atoms with E-state index in [1.54, 1.807) is 18.3 Å². The van der Waals surface area contributed by atoms with Crippen LogP contribution in [0.3, 0.4) is 0 Å². The van der Waals surface area contributed by atoms with Crippen LogP contribution in [-0.2, 0) is 0 Å². The van der Waals surface area contributed by atoms with Crippen molar-refractivity contribution in [2.45, 2.75) is 25.8 Å². The molecule has 5 rings (SSSR count). The Morgan fingerprint density at radius 3 is 2.86 bits per heavy atom. The predicted molar refractivity (Wildman–Crippen MR) is 109 cm³/mol. The van der Waals surface area contributed by atoms with E-state index in [1.807, 2.05) is 13.0 Å². The SMILES string of the molecule is Cc1nn(C2CCNCC2)cc1-c1cnc(N)c(-c2nc3c(F)cccc3o2)c1. The number of nitrogens with two attached hydrogens (primary N) is 1. The van der Waals surface area contributed by atoms with Crippen LogP contribution in [-0.4, -0.2) is 32.8 Å². The van der Waals surface area contributed by atoms with E-state index in [1.165, 1.54) is 6.07 Å². The molecule has 1 aliphatic heterocycles. The van der Waals surface area contributed by atoms with E-state index in [0.29, 0.717) is 17.2 Å². The molecule has 4 heterocycles.